The Balaban J connectivity index is 2.77. The molecule has 1 aromatic carbocycles. The van der Waals surface area contributed by atoms with Crippen molar-refractivity contribution in [2.24, 2.45) is 5.16 Å². The van der Waals surface area contributed by atoms with Crippen LogP contribution in [-0.4, -0.2) is 17.9 Å². The average molecular weight is 228 g/mol. The summed E-state index contributed by atoms with van der Waals surface area (Å²) in [6.07, 6.45) is 2.36. The van der Waals surface area contributed by atoms with E-state index in [0.29, 0.717) is 17.2 Å². The van der Waals surface area contributed by atoms with Crippen molar-refractivity contribution in [2.45, 2.75) is 20.3 Å². The first-order chi connectivity index (χ1) is 7.15. The number of rotatable bonds is 4. The van der Waals surface area contributed by atoms with E-state index >= 15 is 0 Å². The molecule has 0 unspecified atom stereocenters. The monoisotopic (exact) mass is 227 g/mol. The number of oxime groups is 1. The number of hydrogen-bond acceptors (Lipinski definition) is 3. The van der Waals surface area contributed by atoms with Gasteiger partial charge in [-0.15, -0.1) is 0 Å². The highest BCUT2D eigenvalue weighted by molar-refractivity contribution is 6.31. The maximum absolute atomic E-state index is 9.57. The van der Waals surface area contributed by atoms with Crippen LogP contribution in [0.15, 0.2) is 17.3 Å². The fourth-order valence-electron chi connectivity index (χ4n) is 1.02. The van der Waals surface area contributed by atoms with Crippen LogP contribution >= 0.6 is 11.6 Å². The van der Waals surface area contributed by atoms with E-state index in [1.165, 1.54) is 6.21 Å². The van der Waals surface area contributed by atoms with Crippen LogP contribution in [-0.2, 0) is 4.84 Å². The minimum absolute atomic E-state index is 0.153. The van der Waals surface area contributed by atoms with Gasteiger partial charge in [-0.3, -0.25) is 0 Å². The first-order valence-corrected chi connectivity index (χ1v) is 5.17. The summed E-state index contributed by atoms with van der Waals surface area (Å²) < 4.78 is 0. The minimum atomic E-state index is 0.153. The van der Waals surface area contributed by atoms with Gasteiger partial charge in [0.15, 0.2) is 0 Å². The van der Waals surface area contributed by atoms with Gasteiger partial charge in [-0.25, -0.2) is 0 Å². The number of hydrogen-bond donors (Lipinski definition) is 1. The van der Waals surface area contributed by atoms with Crippen LogP contribution in [0.1, 0.15) is 24.5 Å². The lowest BCUT2D eigenvalue weighted by molar-refractivity contribution is 0.146. The second kappa shape index (κ2) is 5.61. The summed E-state index contributed by atoms with van der Waals surface area (Å²) in [7, 11) is 0. The number of benzene rings is 1. The van der Waals surface area contributed by atoms with Crippen LogP contribution in [0.4, 0.5) is 0 Å². The van der Waals surface area contributed by atoms with E-state index in [0.717, 1.165) is 12.0 Å². The molecule has 0 fully saturated rings. The molecule has 0 saturated heterocycles. The first kappa shape index (κ1) is 11.9. The van der Waals surface area contributed by atoms with E-state index in [9.17, 15) is 5.11 Å². The van der Waals surface area contributed by atoms with Crippen molar-refractivity contribution in [3.05, 3.63) is 28.3 Å². The average Bonchev–Trinajstić information content (AvgIpc) is 2.20. The molecule has 1 N–H and O–H groups in total. The predicted octanol–water partition coefficient (Wildman–Crippen LogP) is 3.11. The van der Waals surface area contributed by atoms with Crippen LogP contribution in [0.2, 0.25) is 5.02 Å². The summed E-state index contributed by atoms with van der Waals surface area (Å²) in [6, 6.07) is 3.26. The highest BCUT2D eigenvalue weighted by atomic mass is 35.5. The van der Waals surface area contributed by atoms with Crippen LogP contribution in [0.3, 0.4) is 0 Å². The summed E-state index contributed by atoms with van der Waals surface area (Å²) in [5.74, 6) is 0.153. The maximum Gasteiger partial charge on any atom is 0.124 e. The Hall–Kier alpha value is -1.22. The number of nitrogens with zero attached hydrogens (tertiary/aromatic N) is 1. The zero-order valence-electron chi connectivity index (χ0n) is 8.83. The standard InChI is InChI=1S/C11H14ClNO2/c1-3-4-15-13-7-9-6-10(12)8(2)5-11(9)14/h5-7,14H,3-4H2,1-2H3. The number of phenols is 1. The van der Waals surface area contributed by atoms with Crippen LogP contribution in [0, 0.1) is 6.92 Å². The number of aromatic hydroxyl groups is 1. The lowest BCUT2D eigenvalue weighted by atomic mass is 10.1. The van der Waals surface area contributed by atoms with Gasteiger partial charge in [-0.2, -0.15) is 0 Å². The number of phenolic OH excluding ortho intramolecular Hbond substituents is 1. The molecule has 0 atom stereocenters. The molecule has 1 aromatic rings. The molecule has 0 aliphatic rings. The second-order valence-corrected chi connectivity index (χ2v) is 3.64. The first-order valence-electron chi connectivity index (χ1n) is 4.79. The van der Waals surface area contributed by atoms with Gasteiger partial charge in [0, 0.05) is 10.6 Å². The predicted molar refractivity (Wildman–Crippen MR) is 61.7 cm³/mol. The highest BCUT2D eigenvalue weighted by Gasteiger charge is 2.02. The van der Waals surface area contributed by atoms with Crippen molar-refractivity contribution >= 4 is 17.8 Å². The topological polar surface area (TPSA) is 41.8 Å². The Morgan fingerprint density at radius 2 is 2.27 bits per heavy atom. The van der Waals surface area contributed by atoms with E-state index < -0.39 is 0 Å². The van der Waals surface area contributed by atoms with Crippen molar-refractivity contribution in [1.29, 1.82) is 0 Å². The van der Waals surface area contributed by atoms with E-state index in [2.05, 4.69) is 5.16 Å². The van der Waals surface area contributed by atoms with E-state index in [-0.39, 0.29) is 5.75 Å². The van der Waals surface area contributed by atoms with Gasteiger partial charge < -0.3 is 9.94 Å². The molecule has 15 heavy (non-hydrogen) atoms. The smallest absolute Gasteiger partial charge is 0.124 e. The van der Waals surface area contributed by atoms with Crippen LogP contribution in [0.25, 0.3) is 0 Å². The van der Waals surface area contributed by atoms with Crippen molar-refractivity contribution in [3.8, 4) is 5.75 Å². The third kappa shape index (κ3) is 3.44. The lowest BCUT2D eigenvalue weighted by Gasteiger charge is -2.02. The summed E-state index contributed by atoms with van der Waals surface area (Å²) in [4.78, 5) is 4.93. The number of halogens is 1. The van der Waals surface area contributed by atoms with Crippen molar-refractivity contribution < 1.29 is 9.94 Å². The Bertz CT molecular complexity index is 364. The SMILES string of the molecule is CCCON=Cc1cc(Cl)c(C)cc1O. The zero-order chi connectivity index (χ0) is 11.3. The molecule has 0 aliphatic carbocycles. The zero-order valence-corrected chi connectivity index (χ0v) is 9.58. The molecule has 82 valence electrons. The fraction of sp³-hybridized carbons (Fsp3) is 0.364. The summed E-state index contributed by atoms with van der Waals surface area (Å²) in [5, 5.41) is 13.9. The molecule has 1 rings (SSSR count). The fourth-order valence-corrected chi connectivity index (χ4v) is 1.20. The molecule has 0 saturated carbocycles. The maximum atomic E-state index is 9.57. The molecular formula is C11H14ClNO2. The Morgan fingerprint density at radius 1 is 1.53 bits per heavy atom. The summed E-state index contributed by atoms with van der Waals surface area (Å²) >= 11 is 5.91. The summed E-state index contributed by atoms with van der Waals surface area (Å²) in [5.41, 5.74) is 1.39. The second-order valence-electron chi connectivity index (χ2n) is 3.23. The van der Waals surface area contributed by atoms with Gasteiger partial charge >= 0.3 is 0 Å². The quantitative estimate of drug-likeness (QED) is 0.488. The van der Waals surface area contributed by atoms with Gasteiger partial charge in [0.05, 0.1) is 6.21 Å². The molecular weight excluding hydrogens is 214 g/mol. The molecule has 4 heteroatoms. The third-order valence-corrected chi connectivity index (χ3v) is 2.28. The molecule has 0 heterocycles. The molecule has 0 spiro atoms. The molecule has 0 bridgehead atoms. The van der Waals surface area contributed by atoms with Gasteiger partial charge in [0.25, 0.3) is 0 Å². The normalized spacial score (nSPS) is 10.9. The van der Waals surface area contributed by atoms with Crippen molar-refractivity contribution in [1.82, 2.24) is 0 Å². The third-order valence-electron chi connectivity index (χ3n) is 1.87. The molecule has 0 amide bonds. The Kier molecular flexibility index (Phi) is 4.43. The van der Waals surface area contributed by atoms with E-state index in [1.54, 1.807) is 12.1 Å². The summed E-state index contributed by atoms with van der Waals surface area (Å²) in [6.45, 7) is 4.39. The Labute approximate surface area is 94.3 Å². The molecule has 0 radical (unpaired) electrons. The van der Waals surface area contributed by atoms with Crippen molar-refractivity contribution in [3.63, 3.8) is 0 Å². The minimum Gasteiger partial charge on any atom is -0.507 e. The highest BCUT2D eigenvalue weighted by Crippen LogP contribution is 2.24. The van der Waals surface area contributed by atoms with Crippen LogP contribution < -0.4 is 0 Å². The van der Waals surface area contributed by atoms with E-state index in [4.69, 9.17) is 16.4 Å². The largest absolute Gasteiger partial charge is 0.507 e. The van der Waals surface area contributed by atoms with Crippen LogP contribution in [0.5, 0.6) is 5.75 Å². The molecule has 3 nitrogen and oxygen atoms in total. The molecule has 0 aromatic heterocycles. The van der Waals surface area contributed by atoms with Gasteiger partial charge in [-0.1, -0.05) is 23.7 Å². The van der Waals surface area contributed by atoms with Crippen molar-refractivity contribution in [2.75, 3.05) is 6.61 Å². The van der Waals surface area contributed by atoms with Gasteiger partial charge in [-0.05, 0) is 31.0 Å². The molecule has 0 aliphatic heterocycles. The van der Waals surface area contributed by atoms with Gasteiger partial charge in [0.1, 0.15) is 12.4 Å². The van der Waals surface area contributed by atoms with E-state index in [1.807, 2.05) is 13.8 Å². The lowest BCUT2D eigenvalue weighted by Crippen LogP contribution is -1.88. The van der Waals surface area contributed by atoms with Gasteiger partial charge in [0.2, 0.25) is 0 Å². The Morgan fingerprint density at radius 3 is 2.93 bits per heavy atom. The number of aryl methyl sites for hydroxylation is 1.